The summed E-state index contributed by atoms with van der Waals surface area (Å²) in [5, 5.41) is 14.6. The predicted molar refractivity (Wildman–Crippen MR) is 105 cm³/mol. The van der Waals surface area contributed by atoms with E-state index >= 15 is 0 Å². The molecular weight excluding hydrogens is 372 g/mol. The van der Waals surface area contributed by atoms with Crippen LogP contribution in [0, 0.1) is 6.92 Å². The molecule has 1 amide bonds. The number of thiophene rings is 1. The maximum atomic E-state index is 12.7. The first-order chi connectivity index (χ1) is 12.5. The van der Waals surface area contributed by atoms with Crippen molar-refractivity contribution in [1.82, 2.24) is 4.98 Å². The number of halogens is 1. The Balaban J connectivity index is 1.82. The number of aromatic amines is 1. The van der Waals surface area contributed by atoms with E-state index in [9.17, 15) is 14.7 Å². The molecule has 0 aliphatic heterocycles. The number of hydrogen-bond donors (Lipinski definition) is 3. The minimum Gasteiger partial charge on any atom is -0.506 e. The van der Waals surface area contributed by atoms with Crippen molar-refractivity contribution in [3.05, 3.63) is 55.1 Å². The number of nitrogens with one attached hydrogen (secondary N) is 2. The van der Waals surface area contributed by atoms with Crippen molar-refractivity contribution in [2.75, 3.05) is 5.32 Å². The molecule has 0 atom stereocenters. The number of aromatic hydroxyl groups is 1. The SMILES string of the molecule is Cc1c(Cl)cccc1NC(=O)c1c(O)c2c3c(sc2[nH]c1=O)CCCC3. The fraction of sp³-hybridized carbons (Fsp3) is 0.263. The van der Waals surface area contributed by atoms with Crippen LogP contribution in [0.3, 0.4) is 0 Å². The number of anilines is 1. The highest BCUT2D eigenvalue weighted by atomic mass is 35.5. The summed E-state index contributed by atoms with van der Waals surface area (Å²) in [7, 11) is 0. The molecule has 0 bridgehead atoms. The summed E-state index contributed by atoms with van der Waals surface area (Å²) in [5.41, 5.74) is 1.41. The molecule has 7 heteroatoms. The van der Waals surface area contributed by atoms with Gasteiger partial charge in [-0.15, -0.1) is 11.3 Å². The second-order valence-electron chi connectivity index (χ2n) is 6.46. The molecule has 5 nitrogen and oxygen atoms in total. The van der Waals surface area contributed by atoms with Crippen LogP contribution < -0.4 is 10.9 Å². The Hall–Kier alpha value is -2.31. The van der Waals surface area contributed by atoms with Gasteiger partial charge in [0.25, 0.3) is 11.5 Å². The van der Waals surface area contributed by atoms with Crippen LogP contribution in [0.4, 0.5) is 5.69 Å². The van der Waals surface area contributed by atoms with E-state index in [1.54, 1.807) is 25.1 Å². The van der Waals surface area contributed by atoms with Gasteiger partial charge in [0.1, 0.15) is 16.1 Å². The van der Waals surface area contributed by atoms with Crippen molar-refractivity contribution in [3.8, 4) is 5.75 Å². The number of pyridine rings is 1. The van der Waals surface area contributed by atoms with Crippen molar-refractivity contribution in [3.63, 3.8) is 0 Å². The van der Waals surface area contributed by atoms with E-state index in [0.717, 1.165) is 31.2 Å². The van der Waals surface area contributed by atoms with Crippen LogP contribution >= 0.6 is 22.9 Å². The molecular formula is C19H17ClN2O3S. The fourth-order valence-electron chi connectivity index (χ4n) is 3.44. The van der Waals surface area contributed by atoms with Crippen molar-refractivity contribution in [1.29, 1.82) is 0 Å². The number of aryl methyl sites for hydroxylation is 2. The van der Waals surface area contributed by atoms with Gasteiger partial charge in [0, 0.05) is 15.6 Å². The van der Waals surface area contributed by atoms with Crippen molar-refractivity contribution in [2.24, 2.45) is 0 Å². The Labute approximate surface area is 158 Å². The average Bonchev–Trinajstić information content (AvgIpc) is 2.97. The van der Waals surface area contributed by atoms with Gasteiger partial charge >= 0.3 is 0 Å². The lowest BCUT2D eigenvalue weighted by Gasteiger charge is -2.12. The van der Waals surface area contributed by atoms with Crippen LogP contribution in [0.2, 0.25) is 5.02 Å². The minimum atomic E-state index is -0.647. The van der Waals surface area contributed by atoms with Crippen molar-refractivity contribution < 1.29 is 9.90 Å². The highest BCUT2D eigenvalue weighted by molar-refractivity contribution is 7.18. The highest BCUT2D eigenvalue weighted by Crippen LogP contribution is 2.40. The lowest BCUT2D eigenvalue weighted by atomic mass is 9.96. The number of fused-ring (bicyclic) bond motifs is 3. The molecule has 1 aromatic carbocycles. The van der Waals surface area contributed by atoms with Crippen LogP contribution in [0.1, 0.15) is 39.2 Å². The molecule has 0 saturated heterocycles. The summed E-state index contributed by atoms with van der Waals surface area (Å²) >= 11 is 7.57. The summed E-state index contributed by atoms with van der Waals surface area (Å²) < 4.78 is 0. The first kappa shape index (κ1) is 17.1. The minimum absolute atomic E-state index is 0.236. The van der Waals surface area contributed by atoms with E-state index < -0.39 is 11.5 Å². The number of H-pyrrole nitrogens is 1. The van der Waals surface area contributed by atoms with Crippen molar-refractivity contribution >= 4 is 44.7 Å². The molecule has 0 fully saturated rings. The number of aromatic nitrogens is 1. The lowest BCUT2D eigenvalue weighted by molar-refractivity contribution is 0.102. The van der Waals surface area contributed by atoms with Gasteiger partial charge in [0.2, 0.25) is 0 Å². The number of carbonyl (C=O) groups is 1. The van der Waals surface area contributed by atoms with E-state index in [1.807, 2.05) is 0 Å². The molecule has 2 aromatic heterocycles. The van der Waals surface area contributed by atoms with Gasteiger partial charge in [-0.2, -0.15) is 0 Å². The monoisotopic (exact) mass is 388 g/mol. The molecule has 3 N–H and O–H groups in total. The standard InChI is InChI=1S/C19H17ClN2O3S/c1-9-11(20)6-4-7-12(9)21-17(24)15-16(23)14-10-5-2-3-8-13(10)26-19(14)22-18(15)25/h4,6-7H,2-3,5,8H2,1H3,(H,21,24)(H2,22,23,25). The normalized spacial score (nSPS) is 13.6. The smallest absolute Gasteiger partial charge is 0.265 e. The molecule has 134 valence electrons. The van der Waals surface area contributed by atoms with Gasteiger partial charge in [-0.05, 0) is 55.9 Å². The number of rotatable bonds is 2. The van der Waals surface area contributed by atoms with Gasteiger partial charge < -0.3 is 15.4 Å². The Kier molecular flexibility index (Phi) is 4.25. The maximum Gasteiger partial charge on any atom is 0.265 e. The molecule has 0 saturated carbocycles. The van der Waals surface area contributed by atoms with Crippen LogP contribution in [-0.4, -0.2) is 16.0 Å². The van der Waals surface area contributed by atoms with E-state index in [2.05, 4.69) is 10.3 Å². The fourth-order valence-corrected chi connectivity index (χ4v) is 4.90. The average molecular weight is 389 g/mol. The van der Waals surface area contributed by atoms with E-state index in [4.69, 9.17) is 11.6 Å². The zero-order valence-corrected chi connectivity index (χ0v) is 15.7. The number of amides is 1. The molecule has 2 heterocycles. The van der Waals surface area contributed by atoms with Gasteiger partial charge in [-0.3, -0.25) is 9.59 Å². The first-order valence-electron chi connectivity index (χ1n) is 8.43. The Morgan fingerprint density at radius 2 is 2.08 bits per heavy atom. The van der Waals surface area contributed by atoms with Gasteiger partial charge in [-0.25, -0.2) is 0 Å². The quantitative estimate of drug-likeness (QED) is 0.609. The molecule has 26 heavy (non-hydrogen) atoms. The molecule has 1 aliphatic rings. The Morgan fingerprint density at radius 1 is 1.31 bits per heavy atom. The third-order valence-corrected chi connectivity index (χ3v) is 6.46. The largest absolute Gasteiger partial charge is 0.506 e. The topological polar surface area (TPSA) is 82.2 Å². The lowest BCUT2D eigenvalue weighted by Crippen LogP contribution is -2.23. The number of benzene rings is 1. The second-order valence-corrected chi connectivity index (χ2v) is 7.97. The Morgan fingerprint density at radius 3 is 2.88 bits per heavy atom. The highest BCUT2D eigenvalue weighted by Gasteiger charge is 2.25. The summed E-state index contributed by atoms with van der Waals surface area (Å²) in [6.45, 7) is 1.78. The van der Waals surface area contributed by atoms with Gasteiger partial charge in [0.15, 0.2) is 0 Å². The Bertz CT molecular complexity index is 1100. The molecule has 0 unspecified atom stereocenters. The molecule has 1 aliphatic carbocycles. The summed E-state index contributed by atoms with van der Waals surface area (Å²) in [6.07, 6.45) is 3.94. The van der Waals surface area contributed by atoms with E-state index in [1.165, 1.54) is 16.2 Å². The molecule has 0 spiro atoms. The number of carbonyl (C=O) groups excluding carboxylic acids is 1. The summed E-state index contributed by atoms with van der Waals surface area (Å²) in [6, 6.07) is 5.14. The van der Waals surface area contributed by atoms with Crippen LogP contribution in [0.15, 0.2) is 23.0 Å². The zero-order chi connectivity index (χ0) is 18.4. The van der Waals surface area contributed by atoms with Gasteiger partial charge in [0.05, 0.1) is 5.39 Å². The van der Waals surface area contributed by atoms with Crippen molar-refractivity contribution in [2.45, 2.75) is 32.6 Å². The zero-order valence-electron chi connectivity index (χ0n) is 14.1. The first-order valence-corrected chi connectivity index (χ1v) is 9.62. The summed E-state index contributed by atoms with van der Waals surface area (Å²) in [5.74, 6) is -0.882. The molecule has 0 radical (unpaired) electrons. The third kappa shape index (κ3) is 2.70. The van der Waals surface area contributed by atoms with Gasteiger partial charge in [-0.1, -0.05) is 17.7 Å². The van der Waals surface area contributed by atoms with Crippen LogP contribution in [0.5, 0.6) is 5.75 Å². The molecule has 4 rings (SSSR count). The van der Waals surface area contributed by atoms with E-state index in [0.29, 0.717) is 26.5 Å². The van der Waals surface area contributed by atoms with E-state index in [-0.39, 0.29) is 11.3 Å². The third-order valence-electron chi connectivity index (χ3n) is 4.84. The number of hydrogen-bond acceptors (Lipinski definition) is 4. The maximum absolute atomic E-state index is 12.7. The molecule has 3 aromatic rings. The predicted octanol–water partition coefficient (Wildman–Crippen LogP) is 4.39. The van der Waals surface area contributed by atoms with Crippen LogP contribution in [0.25, 0.3) is 10.2 Å². The summed E-state index contributed by atoms with van der Waals surface area (Å²) in [4.78, 5) is 29.8. The second kappa shape index (κ2) is 6.45. The van der Waals surface area contributed by atoms with Crippen LogP contribution in [-0.2, 0) is 12.8 Å².